The molecule has 0 spiro atoms. The summed E-state index contributed by atoms with van der Waals surface area (Å²) in [7, 11) is -3.71. The molecule has 9 nitrogen and oxygen atoms in total. The predicted octanol–water partition coefficient (Wildman–Crippen LogP) is 4.57. The van der Waals surface area contributed by atoms with Crippen molar-refractivity contribution in [3.05, 3.63) is 34.7 Å². The third kappa shape index (κ3) is 6.75. The van der Waals surface area contributed by atoms with Crippen molar-refractivity contribution in [3.8, 4) is 5.75 Å². The highest BCUT2D eigenvalue weighted by molar-refractivity contribution is 7.91. The van der Waals surface area contributed by atoms with Gasteiger partial charge in [0.1, 0.15) is 9.96 Å². The van der Waals surface area contributed by atoms with Crippen molar-refractivity contribution >= 4 is 65.6 Å². The summed E-state index contributed by atoms with van der Waals surface area (Å²) >= 11 is 8.52. The Bertz CT molecular complexity index is 1390. The zero-order valence-electron chi connectivity index (χ0n) is 21.9. The van der Waals surface area contributed by atoms with Crippen LogP contribution in [-0.2, 0) is 19.6 Å². The van der Waals surface area contributed by atoms with Crippen LogP contribution >= 0.6 is 34.3 Å². The first-order valence-electron chi connectivity index (χ1n) is 13.3. The number of nitrogens with zero attached hydrogens (tertiary/aromatic N) is 4. The Morgan fingerprint density at radius 3 is 2.77 bits per heavy atom. The minimum absolute atomic E-state index is 0.0785. The zero-order valence-corrected chi connectivity index (χ0v) is 25.1. The first kappa shape index (κ1) is 28.7. The number of morpholine rings is 1. The standard InChI is InChI=1S/C26H33ClN4O5S3/c1-2-36-20-6-7-21-22(17-20)37-26(28-21)31(12-4-10-29-13-15-35-16-14-29)25(32)19-5-3-11-30(18-19)39(33,34)24-9-8-23(27)38-24/h6-9,17,19H,2-5,10-16,18H2,1H3. The maximum atomic E-state index is 14.0. The Hall–Kier alpha value is -1.80. The molecule has 0 aliphatic carbocycles. The average Bonchev–Trinajstić information content (AvgIpc) is 3.58. The van der Waals surface area contributed by atoms with Crippen molar-refractivity contribution in [1.82, 2.24) is 14.2 Å². The number of carbonyl (C=O) groups excluding carboxylic acids is 1. The lowest BCUT2D eigenvalue weighted by molar-refractivity contribution is -0.123. The van der Waals surface area contributed by atoms with E-state index in [1.165, 1.54) is 21.7 Å². The molecule has 2 aliphatic heterocycles. The second kappa shape index (κ2) is 12.8. The van der Waals surface area contributed by atoms with Crippen LogP contribution in [0, 0.1) is 5.92 Å². The quantitative estimate of drug-likeness (QED) is 0.331. The molecule has 13 heteroatoms. The van der Waals surface area contributed by atoms with Crippen LogP contribution in [-0.4, -0.2) is 87.6 Å². The normalized spacial score (nSPS) is 19.4. The second-order valence-corrected chi connectivity index (χ2v) is 14.5. The molecule has 0 bridgehead atoms. The van der Waals surface area contributed by atoms with Crippen molar-refractivity contribution in [2.75, 3.05) is 64.0 Å². The summed E-state index contributed by atoms with van der Waals surface area (Å²) in [6.07, 6.45) is 2.04. The summed E-state index contributed by atoms with van der Waals surface area (Å²) in [4.78, 5) is 23.0. The number of thiazole rings is 1. The van der Waals surface area contributed by atoms with Crippen molar-refractivity contribution < 1.29 is 22.7 Å². The van der Waals surface area contributed by atoms with E-state index in [0.717, 1.165) is 66.6 Å². The number of thiophene rings is 1. The number of carbonyl (C=O) groups is 1. The monoisotopic (exact) mass is 612 g/mol. The third-order valence-electron chi connectivity index (χ3n) is 6.99. The number of rotatable bonds is 10. The van der Waals surface area contributed by atoms with Crippen LogP contribution in [0.1, 0.15) is 26.2 Å². The summed E-state index contributed by atoms with van der Waals surface area (Å²) in [6.45, 7) is 7.65. The molecule has 5 rings (SSSR count). The van der Waals surface area contributed by atoms with E-state index in [4.69, 9.17) is 26.1 Å². The molecule has 0 radical (unpaired) electrons. The van der Waals surface area contributed by atoms with Gasteiger partial charge < -0.3 is 9.47 Å². The van der Waals surface area contributed by atoms with Gasteiger partial charge >= 0.3 is 0 Å². The van der Waals surface area contributed by atoms with Gasteiger partial charge in [-0.2, -0.15) is 4.31 Å². The van der Waals surface area contributed by atoms with Crippen molar-refractivity contribution in [3.63, 3.8) is 0 Å². The molecule has 1 atom stereocenters. The summed E-state index contributed by atoms with van der Waals surface area (Å²) in [6, 6.07) is 8.88. The minimum atomic E-state index is -3.71. The fraction of sp³-hybridized carbons (Fsp3) is 0.538. The van der Waals surface area contributed by atoms with Crippen LogP contribution in [0.25, 0.3) is 10.2 Å². The van der Waals surface area contributed by atoms with E-state index in [-0.39, 0.29) is 16.7 Å². The molecule has 2 aliphatic rings. The highest BCUT2D eigenvalue weighted by Crippen LogP contribution is 2.35. The van der Waals surface area contributed by atoms with Crippen LogP contribution in [0.15, 0.2) is 34.5 Å². The topological polar surface area (TPSA) is 92.3 Å². The Balaban J connectivity index is 1.36. The smallest absolute Gasteiger partial charge is 0.252 e. The van der Waals surface area contributed by atoms with Crippen LogP contribution in [0.5, 0.6) is 5.75 Å². The third-order valence-corrected chi connectivity index (χ3v) is 11.6. The summed E-state index contributed by atoms with van der Waals surface area (Å²) in [5.74, 6) is 0.246. The van der Waals surface area contributed by atoms with Gasteiger partial charge in [0.2, 0.25) is 5.91 Å². The second-order valence-electron chi connectivity index (χ2n) is 9.62. The molecule has 1 unspecified atom stereocenters. The maximum absolute atomic E-state index is 14.0. The van der Waals surface area contributed by atoms with Gasteiger partial charge in [0.15, 0.2) is 5.13 Å². The number of fused-ring (bicyclic) bond motifs is 1. The number of halogens is 1. The molecule has 2 fully saturated rings. The van der Waals surface area contributed by atoms with Crippen molar-refractivity contribution in [1.29, 1.82) is 0 Å². The Morgan fingerprint density at radius 1 is 1.21 bits per heavy atom. The molecule has 212 valence electrons. The number of aromatic nitrogens is 1. The molecule has 0 N–H and O–H groups in total. The lowest BCUT2D eigenvalue weighted by atomic mass is 9.98. The van der Waals surface area contributed by atoms with Crippen LogP contribution < -0.4 is 9.64 Å². The van der Waals surface area contributed by atoms with Crippen molar-refractivity contribution in [2.24, 2.45) is 5.92 Å². The van der Waals surface area contributed by atoms with E-state index >= 15 is 0 Å². The zero-order chi connectivity index (χ0) is 27.4. The fourth-order valence-electron chi connectivity index (χ4n) is 4.99. The summed E-state index contributed by atoms with van der Waals surface area (Å²) in [5.41, 5.74) is 0.812. The highest BCUT2D eigenvalue weighted by atomic mass is 35.5. The van der Waals surface area contributed by atoms with E-state index in [9.17, 15) is 13.2 Å². The lowest BCUT2D eigenvalue weighted by Crippen LogP contribution is -2.47. The average molecular weight is 613 g/mol. The summed E-state index contributed by atoms with van der Waals surface area (Å²) < 4.78 is 40.7. The first-order chi connectivity index (χ1) is 18.8. The van der Waals surface area contributed by atoms with Gasteiger partial charge in [-0.15, -0.1) is 11.3 Å². The predicted molar refractivity (Wildman–Crippen MR) is 156 cm³/mol. The molecule has 2 saturated heterocycles. The molecular weight excluding hydrogens is 580 g/mol. The number of sulfonamides is 1. The van der Waals surface area contributed by atoms with Gasteiger partial charge in [-0.25, -0.2) is 13.4 Å². The summed E-state index contributed by atoms with van der Waals surface area (Å²) in [5, 5.41) is 0.635. The number of hydrogen-bond donors (Lipinski definition) is 0. The minimum Gasteiger partial charge on any atom is -0.494 e. The van der Waals surface area contributed by atoms with Gasteiger partial charge in [-0.3, -0.25) is 14.6 Å². The Kier molecular flexibility index (Phi) is 9.42. The van der Waals surface area contributed by atoms with Gasteiger partial charge in [-0.05, 0) is 56.5 Å². The molecule has 3 aromatic rings. The molecular formula is C26H33ClN4O5S3. The van der Waals surface area contributed by atoms with E-state index in [1.54, 1.807) is 11.0 Å². The largest absolute Gasteiger partial charge is 0.494 e. The number of ether oxygens (including phenoxy) is 2. The molecule has 39 heavy (non-hydrogen) atoms. The van der Waals surface area contributed by atoms with Gasteiger partial charge in [-0.1, -0.05) is 22.9 Å². The van der Waals surface area contributed by atoms with Gasteiger partial charge in [0, 0.05) is 39.3 Å². The van der Waals surface area contributed by atoms with E-state index in [0.29, 0.717) is 42.0 Å². The van der Waals surface area contributed by atoms with E-state index < -0.39 is 15.9 Å². The molecule has 1 amide bonds. The van der Waals surface area contributed by atoms with Crippen LogP contribution in [0.2, 0.25) is 4.34 Å². The van der Waals surface area contributed by atoms with E-state index in [2.05, 4.69) is 4.90 Å². The molecule has 2 aromatic heterocycles. The van der Waals surface area contributed by atoms with E-state index in [1.807, 2.05) is 25.1 Å². The number of benzene rings is 1. The molecule has 0 saturated carbocycles. The van der Waals surface area contributed by atoms with Gasteiger partial charge in [0.25, 0.3) is 10.0 Å². The number of amides is 1. The fourth-order valence-corrected chi connectivity index (χ4v) is 9.17. The number of anilines is 1. The SMILES string of the molecule is CCOc1ccc2nc(N(CCCN3CCOCC3)C(=O)C3CCCN(S(=O)(=O)c4ccc(Cl)s4)C3)sc2c1. The van der Waals surface area contributed by atoms with Crippen LogP contribution in [0.4, 0.5) is 5.13 Å². The first-order valence-corrected chi connectivity index (χ1v) is 16.7. The number of piperidine rings is 1. The van der Waals surface area contributed by atoms with Gasteiger partial charge in [0.05, 0.1) is 40.3 Å². The highest BCUT2D eigenvalue weighted by Gasteiger charge is 2.36. The maximum Gasteiger partial charge on any atom is 0.252 e. The molecule has 4 heterocycles. The number of hydrogen-bond acceptors (Lipinski definition) is 9. The van der Waals surface area contributed by atoms with Crippen LogP contribution in [0.3, 0.4) is 0 Å². The Morgan fingerprint density at radius 2 is 2.03 bits per heavy atom. The molecule has 1 aromatic carbocycles. The lowest BCUT2D eigenvalue weighted by Gasteiger charge is -2.34. The van der Waals surface area contributed by atoms with Crippen molar-refractivity contribution in [2.45, 2.75) is 30.4 Å². The Labute approximate surface area is 242 Å².